The van der Waals surface area contributed by atoms with Crippen LogP contribution in [0.3, 0.4) is 0 Å². The fraction of sp³-hybridized carbons (Fsp3) is 0.0455. The molecule has 5 nitrogen and oxygen atoms in total. The summed E-state index contributed by atoms with van der Waals surface area (Å²) in [7, 11) is 1.94. The van der Waals surface area contributed by atoms with Crippen LogP contribution in [0.5, 0.6) is 0 Å². The van der Waals surface area contributed by atoms with Crippen molar-refractivity contribution >= 4 is 21.8 Å². The van der Waals surface area contributed by atoms with Crippen LogP contribution in [0.15, 0.2) is 67.1 Å². The molecule has 3 heterocycles. The van der Waals surface area contributed by atoms with Gasteiger partial charge in [-0.05, 0) is 35.9 Å². The Morgan fingerprint density at radius 3 is 2.63 bits per heavy atom. The first-order chi connectivity index (χ1) is 13.2. The van der Waals surface area contributed by atoms with Crippen molar-refractivity contribution in [2.75, 3.05) is 0 Å². The Morgan fingerprint density at radius 2 is 1.81 bits per heavy atom. The monoisotopic (exact) mass is 349 g/mol. The molecule has 128 valence electrons. The summed E-state index contributed by atoms with van der Waals surface area (Å²) in [5.41, 5.74) is 6.76. The number of fused-ring (bicyclic) bond motifs is 2. The highest BCUT2D eigenvalue weighted by Crippen LogP contribution is 2.37. The van der Waals surface area contributed by atoms with Crippen LogP contribution in [0.2, 0.25) is 0 Å². The minimum absolute atomic E-state index is 0.645. The summed E-state index contributed by atoms with van der Waals surface area (Å²) >= 11 is 0. The molecule has 0 atom stereocenters. The predicted molar refractivity (Wildman–Crippen MR) is 106 cm³/mol. The summed E-state index contributed by atoms with van der Waals surface area (Å²) in [6.45, 7) is 0. The molecule has 0 amide bonds. The van der Waals surface area contributed by atoms with Crippen LogP contribution in [-0.2, 0) is 7.05 Å². The first kappa shape index (κ1) is 15.4. The Morgan fingerprint density at radius 1 is 1.00 bits per heavy atom. The maximum absolute atomic E-state index is 9.10. The third kappa shape index (κ3) is 2.39. The predicted octanol–water partition coefficient (Wildman–Crippen LogP) is 4.66. The highest BCUT2D eigenvalue weighted by molar-refractivity contribution is 6.02. The number of hydrogen-bond acceptors (Lipinski definition) is 3. The van der Waals surface area contributed by atoms with E-state index in [2.05, 4.69) is 40.4 Å². The average molecular weight is 349 g/mol. The maximum Gasteiger partial charge on any atom is 0.0991 e. The molecule has 5 aromatic rings. The van der Waals surface area contributed by atoms with Crippen LogP contribution in [0.1, 0.15) is 5.56 Å². The molecular weight excluding hydrogens is 334 g/mol. The van der Waals surface area contributed by atoms with Gasteiger partial charge in [-0.25, -0.2) is 0 Å². The first-order valence-corrected chi connectivity index (χ1v) is 8.63. The van der Waals surface area contributed by atoms with E-state index in [9.17, 15) is 0 Å². The van der Waals surface area contributed by atoms with Gasteiger partial charge in [0.05, 0.1) is 40.8 Å². The zero-order valence-corrected chi connectivity index (χ0v) is 14.6. The smallest absolute Gasteiger partial charge is 0.0991 e. The lowest BCUT2D eigenvalue weighted by Crippen LogP contribution is -1.92. The highest BCUT2D eigenvalue weighted by Gasteiger charge is 2.15. The molecule has 0 fully saturated rings. The lowest BCUT2D eigenvalue weighted by atomic mass is 9.95. The van der Waals surface area contributed by atoms with E-state index in [1.807, 2.05) is 54.6 Å². The Hall–Kier alpha value is -3.91. The number of aryl methyl sites for hydroxylation is 1. The van der Waals surface area contributed by atoms with Crippen LogP contribution in [0.25, 0.3) is 44.2 Å². The zero-order valence-electron chi connectivity index (χ0n) is 14.6. The van der Waals surface area contributed by atoms with Gasteiger partial charge in [-0.15, -0.1) is 0 Å². The third-order valence-corrected chi connectivity index (χ3v) is 4.93. The molecule has 2 aromatic carbocycles. The quantitative estimate of drug-likeness (QED) is 0.504. The fourth-order valence-electron chi connectivity index (χ4n) is 3.56. The van der Waals surface area contributed by atoms with Gasteiger partial charge in [-0.1, -0.05) is 18.2 Å². The van der Waals surface area contributed by atoms with Gasteiger partial charge in [-0.3, -0.25) is 9.67 Å². The van der Waals surface area contributed by atoms with E-state index in [-0.39, 0.29) is 0 Å². The Balaban J connectivity index is 1.79. The van der Waals surface area contributed by atoms with Gasteiger partial charge in [0, 0.05) is 35.1 Å². The second-order valence-corrected chi connectivity index (χ2v) is 6.52. The van der Waals surface area contributed by atoms with Crippen LogP contribution >= 0.6 is 0 Å². The summed E-state index contributed by atoms with van der Waals surface area (Å²) in [5, 5.41) is 15.6. The van der Waals surface area contributed by atoms with E-state index < -0.39 is 0 Å². The zero-order chi connectivity index (χ0) is 18.4. The number of nitrogens with zero attached hydrogens (tertiary/aromatic N) is 4. The van der Waals surface area contributed by atoms with Crippen LogP contribution in [-0.4, -0.2) is 19.7 Å². The SMILES string of the molecule is Cn1ncc2cc(-c3ncc4[nH]ccc4c3-c3ccc(C#N)cc3)ccc21. The molecule has 0 saturated heterocycles. The van der Waals surface area contributed by atoms with E-state index >= 15 is 0 Å². The Labute approximate surface area is 155 Å². The first-order valence-electron chi connectivity index (χ1n) is 8.63. The molecule has 0 aliphatic carbocycles. The number of nitrogens with one attached hydrogen (secondary N) is 1. The fourth-order valence-corrected chi connectivity index (χ4v) is 3.56. The van der Waals surface area contributed by atoms with Crippen molar-refractivity contribution in [3.05, 3.63) is 72.7 Å². The van der Waals surface area contributed by atoms with Gasteiger partial charge < -0.3 is 4.98 Å². The second-order valence-electron chi connectivity index (χ2n) is 6.52. The van der Waals surface area contributed by atoms with Crippen molar-refractivity contribution in [3.63, 3.8) is 0 Å². The molecule has 27 heavy (non-hydrogen) atoms. The number of aromatic amines is 1. The van der Waals surface area contributed by atoms with Gasteiger partial charge in [0.1, 0.15) is 0 Å². The molecule has 5 heteroatoms. The molecule has 0 unspecified atom stereocenters. The maximum atomic E-state index is 9.10. The number of hydrogen-bond donors (Lipinski definition) is 1. The van der Waals surface area contributed by atoms with E-state index in [1.165, 1.54) is 0 Å². The summed E-state index contributed by atoms with van der Waals surface area (Å²) in [6.07, 6.45) is 5.66. The summed E-state index contributed by atoms with van der Waals surface area (Å²) in [5.74, 6) is 0. The summed E-state index contributed by atoms with van der Waals surface area (Å²) in [6, 6.07) is 18.2. The van der Waals surface area contributed by atoms with Crippen LogP contribution in [0, 0.1) is 11.3 Å². The van der Waals surface area contributed by atoms with Crippen molar-refractivity contribution in [2.45, 2.75) is 0 Å². The number of benzene rings is 2. The highest BCUT2D eigenvalue weighted by atomic mass is 15.2. The molecule has 0 aliphatic heterocycles. The Kier molecular flexibility index (Phi) is 3.31. The summed E-state index contributed by atoms with van der Waals surface area (Å²) in [4.78, 5) is 7.99. The van der Waals surface area contributed by atoms with Gasteiger partial charge in [-0.2, -0.15) is 10.4 Å². The van der Waals surface area contributed by atoms with Crippen LogP contribution in [0.4, 0.5) is 0 Å². The third-order valence-electron chi connectivity index (χ3n) is 4.93. The molecule has 0 radical (unpaired) electrons. The Bertz CT molecular complexity index is 1330. The van der Waals surface area contributed by atoms with Crippen molar-refractivity contribution in [3.8, 4) is 28.5 Å². The largest absolute Gasteiger partial charge is 0.360 e. The van der Waals surface area contributed by atoms with Crippen molar-refractivity contribution in [1.82, 2.24) is 19.7 Å². The van der Waals surface area contributed by atoms with Crippen LogP contribution < -0.4 is 0 Å². The molecule has 1 N–H and O–H groups in total. The topological polar surface area (TPSA) is 70.3 Å². The molecule has 0 bridgehead atoms. The molecule has 3 aromatic heterocycles. The lowest BCUT2D eigenvalue weighted by Gasteiger charge is -2.11. The number of rotatable bonds is 2. The van der Waals surface area contributed by atoms with E-state index in [1.54, 1.807) is 0 Å². The molecule has 0 saturated carbocycles. The van der Waals surface area contributed by atoms with Crippen molar-refractivity contribution in [2.24, 2.45) is 7.05 Å². The van der Waals surface area contributed by atoms with Gasteiger partial charge in [0.15, 0.2) is 0 Å². The van der Waals surface area contributed by atoms with Gasteiger partial charge >= 0.3 is 0 Å². The normalized spacial score (nSPS) is 11.1. The average Bonchev–Trinajstić information content (AvgIpc) is 3.34. The van der Waals surface area contributed by atoms with Gasteiger partial charge in [0.2, 0.25) is 0 Å². The molecular formula is C22H15N5. The van der Waals surface area contributed by atoms with E-state index in [0.29, 0.717) is 5.56 Å². The number of H-pyrrole nitrogens is 1. The lowest BCUT2D eigenvalue weighted by molar-refractivity contribution is 0.797. The van der Waals surface area contributed by atoms with E-state index in [4.69, 9.17) is 10.2 Å². The minimum atomic E-state index is 0.645. The van der Waals surface area contributed by atoms with E-state index in [0.717, 1.165) is 44.2 Å². The number of pyridine rings is 1. The molecule has 0 aliphatic rings. The molecule has 0 spiro atoms. The second kappa shape index (κ2) is 5.82. The minimum Gasteiger partial charge on any atom is -0.360 e. The van der Waals surface area contributed by atoms with Gasteiger partial charge in [0.25, 0.3) is 0 Å². The number of aromatic nitrogens is 4. The standard InChI is InChI=1S/C22H15N5/c1-27-20-7-6-16(10-17(20)12-26-27)22-21(15-4-2-14(11-23)3-5-15)18-8-9-24-19(18)13-25-22/h2-10,12-13,24H,1H3. The number of nitriles is 1. The van der Waals surface area contributed by atoms with Crippen molar-refractivity contribution < 1.29 is 0 Å². The van der Waals surface area contributed by atoms with Crippen molar-refractivity contribution in [1.29, 1.82) is 5.26 Å². The summed E-state index contributed by atoms with van der Waals surface area (Å²) < 4.78 is 1.86. The molecule has 5 rings (SSSR count).